The maximum Gasteiger partial charge on any atom is 0.209 e. The zero-order valence-electron chi connectivity index (χ0n) is 8.95. The molecule has 7 heteroatoms. The lowest BCUT2D eigenvalue weighted by atomic mass is 10.2. The molecule has 1 heterocycles. The highest BCUT2D eigenvalue weighted by molar-refractivity contribution is 14.1. The van der Waals surface area contributed by atoms with Gasteiger partial charge in [0.25, 0.3) is 0 Å². The van der Waals surface area contributed by atoms with Gasteiger partial charge in [-0.05, 0) is 50.7 Å². The molecule has 17 heavy (non-hydrogen) atoms. The minimum absolute atomic E-state index is 0.0438. The van der Waals surface area contributed by atoms with Crippen LogP contribution in [0.3, 0.4) is 0 Å². The van der Waals surface area contributed by atoms with Crippen molar-refractivity contribution in [1.29, 1.82) is 0 Å². The fourth-order valence-corrected chi connectivity index (χ4v) is 2.48. The average molecular weight is 362 g/mol. The summed E-state index contributed by atoms with van der Waals surface area (Å²) >= 11 is 3.85. The third-order valence-corrected chi connectivity index (χ3v) is 3.84. The number of benzene rings is 1. The second-order valence-electron chi connectivity index (χ2n) is 3.32. The van der Waals surface area contributed by atoms with E-state index in [1.54, 1.807) is 16.4 Å². The van der Waals surface area contributed by atoms with Crippen molar-refractivity contribution in [2.24, 2.45) is 0 Å². The number of hydrogen-bond acceptors (Lipinski definition) is 5. The minimum atomic E-state index is 0.0438. The Hall–Kier alpha value is -0.670. The quantitative estimate of drug-likeness (QED) is 0.646. The number of hydrogen-bond donors (Lipinski definition) is 1. The topological polar surface area (TPSA) is 63.8 Å². The Balaban J connectivity index is 1.97. The van der Waals surface area contributed by atoms with Gasteiger partial charge in [0.05, 0.1) is 13.2 Å². The van der Waals surface area contributed by atoms with Crippen LogP contribution in [0.25, 0.3) is 0 Å². The lowest BCUT2D eigenvalue weighted by Crippen LogP contribution is -2.05. The van der Waals surface area contributed by atoms with E-state index in [-0.39, 0.29) is 6.61 Å². The van der Waals surface area contributed by atoms with E-state index in [2.05, 4.69) is 62.4 Å². The molecule has 1 aromatic heterocycles. The fourth-order valence-electron chi connectivity index (χ4n) is 1.26. The lowest BCUT2D eigenvalue weighted by Gasteiger charge is -2.02. The minimum Gasteiger partial charge on any atom is -0.394 e. The normalized spacial score (nSPS) is 10.7. The number of thioether (sulfide) groups is 1. The molecule has 2 aromatic rings. The number of aliphatic hydroxyl groups excluding tert-OH is 1. The number of aromatic nitrogens is 4. The number of halogens is 1. The highest BCUT2D eigenvalue weighted by Gasteiger charge is 2.06. The van der Waals surface area contributed by atoms with Crippen LogP contribution in [0.1, 0.15) is 5.56 Å². The van der Waals surface area contributed by atoms with E-state index in [0.29, 0.717) is 6.54 Å². The highest BCUT2D eigenvalue weighted by Crippen LogP contribution is 2.20. The molecule has 5 nitrogen and oxygen atoms in total. The molecule has 1 aromatic carbocycles. The summed E-state index contributed by atoms with van der Waals surface area (Å²) < 4.78 is 2.83. The van der Waals surface area contributed by atoms with Gasteiger partial charge in [0.1, 0.15) is 0 Å². The van der Waals surface area contributed by atoms with Crippen LogP contribution in [0.2, 0.25) is 0 Å². The standard InChI is InChI=1S/C10H11IN4OS/c11-9-3-1-8(2-4-9)7-17-10-12-13-14-15(10)5-6-16/h1-4,16H,5-7H2. The molecule has 0 fully saturated rings. The molecule has 1 N–H and O–H groups in total. The van der Waals surface area contributed by atoms with E-state index in [0.717, 1.165) is 10.9 Å². The molecule has 0 aliphatic carbocycles. The predicted octanol–water partition coefficient (Wildman–Crippen LogP) is 1.56. The van der Waals surface area contributed by atoms with Crippen LogP contribution in [0, 0.1) is 3.57 Å². The summed E-state index contributed by atoms with van der Waals surface area (Å²) in [5.74, 6) is 0.822. The fraction of sp³-hybridized carbons (Fsp3) is 0.300. The summed E-state index contributed by atoms with van der Waals surface area (Å²) in [4.78, 5) is 0. The smallest absolute Gasteiger partial charge is 0.209 e. The van der Waals surface area contributed by atoms with E-state index >= 15 is 0 Å². The monoisotopic (exact) mass is 362 g/mol. The molecule has 90 valence electrons. The summed E-state index contributed by atoms with van der Waals surface area (Å²) in [7, 11) is 0. The van der Waals surface area contributed by atoms with Crippen LogP contribution in [0.15, 0.2) is 29.4 Å². The molecule has 0 bridgehead atoms. The second-order valence-corrected chi connectivity index (χ2v) is 5.51. The number of tetrazole rings is 1. The average Bonchev–Trinajstić information content (AvgIpc) is 2.77. The molecular formula is C10H11IN4OS. The van der Waals surface area contributed by atoms with E-state index in [1.165, 1.54) is 9.13 Å². The summed E-state index contributed by atoms with van der Waals surface area (Å²) in [5.41, 5.74) is 1.23. The van der Waals surface area contributed by atoms with Gasteiger partial charge in [-0.2, -0.15) is 0 Å². The van der Waals surface area contributed by atoms with Crippen LogP contribution in [-0.4, -0.2) is 31.9 Å². The third-order valence-electron chi connectivity index (χ3n) is 2.09. The highest BCUT2D eigenvalue weighted by atomic mass is 127. The molecule has 0 aliphatic heterocycles. The maximum atomic E-state index is 8.85. The van der Waals surface area contributed by atoms with Crippen molar-refractivity contribution in [3.63, 3.8) is 0 Å². The first-order chi connectivity index (χ1) is 8.29. The van der Waals surface area contributed by atoms with Gasteiger partial charge in [0, 0.05) is 9.32 Å². The van der Waals surface area contributed by atoms with E-state index < -0.39 is 0 Å². The Morgan fingerprint density at radius 1 is 1.29 bits per heavy atom. The SMILES string of the molecule is OCCn1nnnc1SCc1ccc(I)cc1. The molecule has 0 unspecified atom stereocenters. The molecule has 0 amide bonds. The molecule has 0 aliphatic rings. The van der Waals surface area contributed by atoms with Gasteiger partial charge in [0.15, 0.2) is 0 Å². The lowest BCUT2D eigenvalue weighted by molar-refractivity contribution is 0.262. The van der Waals surface area contributed by atoms with Gasteiger partial charge in [0.2, 0.25) is 5.16 Å². The summed E-state index contributed by atoms with van der Waals surface area (Å²) in [6, 6.07) is 8.34. The van der Waals surface area contributed by atoms with Crippen molar-refractivity contribution < 1.29 is 5.11 Å². The van der Waals surface area contributed by atoms with E-state index in [9.17, 15) is 0 Å². The first kappa shape index (κ1) is 12.8. The van der Waals surface area contributed by atoms with Crippen molar-refractivity contribution in [1.82, 2.24) is 20.2 Å². The van der Waals surface area contributed by atoms with Crippen molar-refractivity contribution in [2.75, 3.05) is 6.61 Å². The van der Waals surface area contributed by atoms with Crippen LogP contribution >= 0.6 is 34.4 Å². The molecule has 0 saturated carbocycles. The number of rotatable bonds is 5. The van der Waals surface area contributed by atoms with Gasteiger partial charge in [-0.15, -0.1) is 5.10 Å². The van der Waals surface area contributed by atoms with Crippen molar-refractivity contribution in [3.8, 4) is 0 Å². The van der Waals surface area contributed by atoms with Crippen molar-refractivity contribution in [3.05, 3.63) is 33.4 Å². The Morgan fingerprint density at radius 3 is 2.76 bits per heavy atom. The molecule has 0 atom stereocenters. The Labute approximate surface area is 117 Å². The van der Waals surface area contributed by atoms with Crippen molar-refractivity contribution >= 4 is 34.4 Å². The van der Waals surface area contributed by atoms with Gasteiger partial charge < -0.3 is 5.11 Å². The van der Waals surface area contributed by atoms with E-state index in [4.69, 9.17) is 5.11 Å². The van der Waals surface area contributed by atoms with E-state index in [1.807, 2.05) is 0 Å². The molecule has 0 saturated heterocycles. The summed E-state index contributed by atoms with van der Waals surface area (Å²) in [6.45, 7) is 0.476. The van der Waals surface area contributed by atoms with Crippen LogP contribution in [0.4, 0.5) is 0 Å². The zero-order chi connectivity index (χ0) is 12.1. The second kappa shape index (κ2) is 6.31. The summed E-state index contributed by atoms with van der Waals surface area (Å²) in [5, 5.41) is 20.9. The van der Waals surface area contributed by atoms with Crippen LogP contribution < -0.4 is 0 Å². The Bertz CT molecular complexity index is 473. The van der Waals surface area contributed by atoms with Crippen LogP contribution in [0.5, 0.6) is 0 Å². The first-order valence-corrected chi connectivity index (χ1v) is 7.10. The molecule has 0 spiro atoms. The zero-order valence-corrected chi connectivity index (χ0v) is 11.9. The van der Waals surface area contributed by atoms with Gasteiger partial charge >= 0.3 is 0 Å². The van der Waals surface area contributed by atoms with Crippen molar-refractivity contribution in [2.45, 2.75) is 17.5 Å². The molecule has 2 rings (SSSR count). The maximum absolute atomic E-state index is 8.85. The third kappa shape index (κ3) is 3.65. The largest absolute Gasteiger partial charge is 0.394 e. The van der Waals surface area contributed by atoms with Gasteiger partial charge in [-0.1, -0.05) is 23.9 Å². The molecular weight excluding hydrogens is 351 g/mol. The summed E-state index contributed by atoms with van der Waals surface area (Å²) in [6.07, 6.45) is 0. The van der Waals surface area contributed by atoms with Crippen LogP contribution in [-0.2, 0) is 12.3 Å². The number of aliphatic hydroxyl groups is 1. The Kier molecular flexibility index (Phi) is 4.75. The van der Waals surface area contributed by atoms with Gasteiger partial charge in [-0.25, -0.2) is 4.68 Å². The van der Waals surface area contributed by atoms with Gasteiger partial charge in [-0.3, -0.25) is 0 Å². The molecule has 0 radical (unpaired) electrons. The number of nitrogens with zero attached hydrogens (tertiary/aromatic N) is 4. The first-order valence-electron chi connectivity index (χ1n) is 5.04. The predicted molar refractivity (Wildman–Crippen MR) is 73.6 cm³/mol. The Morgan fingerprint density at radius 2 is 2.06 bits per heavy atom.